The third-order valence-electron chi connectivity index (χ3n) is 2.92. The summed E-state index contributed by atoms with van der Waals surface area (Å²) >= 11 is 0. The quantitative estimate of drug-likeness (QED) is 0.391. The van der Waals surface area contributed by atoms with Crippen LogP contribution < -0.4 is 0 Å². The highest BCUT2D eigenvalue weighted by Crippen LogP contribution is 2.00. The van der Waals surface area contributed by atoms with Gasteiger partial charge in [-0.1, -0.05) is 0 Å². The van der Waals surface area contributed by atoms with Crippen molar-refractivity contribution in [1.82, 2.24) is 0 Å². The van der Waals surface area contributed by atoms with Crippen LogP contribution in [0.5, 0.6) is 0 Å². The van der Waals surface area contributed by atoms with E-state index in [0.717, 1.165) is 0 Å². The molecule has 4 unspecified atom stereocenters. The Morgan fingerprint density at radius 2 is 0.960 bits per heavy atom. The van der Waals surface area contributed by atoms with Gasteiger partial charge in [0.25, 0.3) is 0 Å². The molecule has 148 valence electrons. The molecule has 0 aromatic rings. The molecular formula is C18H34O7. The van der Waals surface area contributed by atoms with E-state index in [1.54, 1.807) is 14.2 Å². The van der Waals surface area contributed by atoms with Gasteiger partial charge in [0.05, 0.1) is 38.6 Å². The fraction of sp³-hybridized carbons (Fsp3) is 0.778. The van der Waals surface area contributed by atoms with Gasteiger partial charge in [-0.25, -0.2) is 0 Å². The van der Waals surface area contributed by atoms with Crippen molar-refractivity contribution in [1.29, 1.82) is 0 Å². The van der Waals surface area contributed by atoms with Crippen molar-refractivity contribution in [3.63, 3.8) is 0 Å². The molecule has 25 heavy (non-hydrogen) atoms. The van der Waals surface area contributed by atoms with E-state index in [0.29, 0.717) is 26.4 Å². The van der Waals surface area contributed by atoms with Crippen LogP contribution in [0.25, 0.3) is 0 Å². The molecule has 0 aliphatic heterocycles. The molecule has 0 aliphatic carbocycles. The van der Waals surface area contributed by atoms with Gasteiger partial charge in [-0.05, 0) is 27.7 Å². The van der Waals surface area contributed by atoms with Gasteiger partial charge in [0.1, 0.15) is 37.3 Å². The molecule has 0 radical (unpaired) electrons. The summed E-state index contributed by atoms with van der Waals surface area (Å²) in [7, 11) is 3.29. The van der Waals surface area contributed by atoms with E-state index in [2.05, 4.69) is 0 Å². The number of hydrogen-bond acceptors (Lipinski definition) is 7. The maximum atomic E-state index is 5.54. The highest BCUT2D eigenvalue weighted by Gasteiger charge is 2.06. The molecule has 0 rings (SSSR count). The molecule has 7 heteroatoms. The Kier molecular flexibility index (Phi) is 15.4. The smallest absolute Gasteiger partial charge is 0.125 e. The standard InChI is InChI=1S/C18H34O7/c1-15(11-19-5)24-13-17(3)22-9-7-21-8-10-23-18(4)14-25-16(2)12-20-6/h7-10,15-18H,11-14H2,1-6H3/b9-7+,10-8+. The Morgan fingerprint density at radius 3 is 1.32 bits per heavy atom. The Balaban J connectivity index is 3.67. The van der Waals surface area contributed by atoms with Gasteiger partial charge < -0.3 is 33.2 Å². The third-order valence-corrected chi connectivity index (χ3v) is 2.92. The predicted molar refractivity (Wildman–Crippen MR) is 95.0 cm³/mol. The molecule has 0 spiro atoms. The van der Waals surface area contributed by atoms with Gasteiger partial charge in [0.15, 0.2) is 0 Å². The van der Waals surface area contributed by atoms with Crippen LogP contribution >= 0.6 is 0 Å². The van der Waals surface area contributed by atoms with E-state index >= 15 is 0 Å². The molecule has 0 aromatic heterocycles. The second-order valence-corrected chi connectivity index (χ2v) is 5.77. The molecule has 0 saturated heterocycles. The van der Waals surface area contributed by atoms with Crippen molar-refractivity contribution in [3.8, 4) is 0 Å². The lowest BCUT2D eigenvalue weighted by atomic mass is 10.4. The monoisotopic (exact) mass is 362 g/mol. The Bertz CT molecular complexity index is 314. The fourth-order valence-electron chi connectivity index (χ4n) is 1.69. The molecule has 7 nitrogen and oxygen atoms in total. The largest absolute Gasteiger partial charge is 0.493 e. The Hall–Kier alpha value is -1.28. The molecular weight excluding hydrogens is 328 g/mol. The average Bonchev–Trinajstić information content (AvgIpc) is 2.58. The average molecular weight is 362 g/mol. The summed E-state index contributed by atoms with van der Waals surface area (Å²) in [4.78, 5) is 0. The Morgan fingerprint density at radius 1 is 0.560 bits per heavy atom. The molecule has 0 saturated carbocycles. The van der Waals surface area contributed by atoms with Gasteiger partial charge in [0.2, 0.25) is 0 Å². The molecule has 0 heterocycles. The minimum atomic E-state index is -0.0781. The lowest BCUT2D eigenvalue weighted by Gasteiger charge is -2.16. The van der Waals surface area contributed by atoms with E-state index in [-0.39, 0.29) is 24.4 Å². The van der Waals surface area contributed by atoms with Crippen LogP contribution in [0.4, 0.5) is 0 Å². The van der Waals surface area contributed by atoms with Crippen LogP contribution in [0.3, 0.4) is 0 Å². The molecule has 0 N–H and O–H groups in total. The summed E-state index contributed by atoms with van der Waals surface area (Å²) in [5.74, 6) is 0. The number of rotatable bonds is 16. The van der Waals surface area contributed by atoms with Crippen LogP contribution in [-0.2, 0) is 33.2 Å². The van der Waals surface area contributed by atoms with E-state index in [4.69, 9.17) is 33.2 Å². The summed E-state index contributed by atoms with van der Waals surface area (Å²) in [6.45, 7) is 9.80. The summed E-state index contributed by atoms with van der Waals surface area (Å²) in [6, 6.07) is 0. The van der Waals surface area contributed by atoms with Crippen LogP contribution in [0.1, 0.15) is 27.7 Å². The summed E-state index contributed by atoms with van der Waals surface area (Å²) in [5.41, 5.74) is 0. The van der Waals surface area contributed by atoms with Crippen molar-refractivity contribution >= 4 is 0 Å². The third kappa shape index (κ3) is 16.0. The first-order valence-corrected chi connectivity index (χ1v) is 8.47. The van der Waals surface area contributed by atoms with Crippen molar-refractivity contribution in [2.45, 2.75) is 52.1 Å². The number of methoxy groups -OCH3 is 2. The van der Waals surface area contributed by atoms with Gasteiger partial charge in [-0.15, -0.1) is 0 Å². The first kappa shape index (κ1) is 23.7. The van der Waals surface area contributed by atoms with Crippen molar-refractivity contribution in [2.75, 3.05) is 40.6 Å². The minimum absolute atomic E-state index is 0.0415. The second-order valence-electron chi connectivity index (χ2n) is 5.77. The lowest BCUT2D eigenvalue weighted by Crippen LogP contribution is -2.21. The van der Waals surface area contributed by atoms with Gasteiger partial charge in [-0.2, -0.15) is 0 Å². The van der Waals surface area contributed by atoms with Gasteiger partial charge in [-0.3, -0.25) is 0 Å². The van der Waals surface area contributed by atoms with Crippen LogP contribution in [0.15, 0.2) is 25.0 Å². The predicted octanol–water partition coefficient (Wildman–Crippen LogP) is 2.86. The first-order valence-electron chi connectivity index (χ1n) is 8.47. The molecule has 0 amide bonds. The van der Waals surface area contributed by atoms with Gasteiger partial charge in [0, 0.05) is 14.2 Å². The van der Waals surface area contributed by atoms with Crippen LogP contribution in [-0.4, -0.2) is 65.1 Å². The van der Waals surface area contributed by atoms with Crippen LogP contribution in [0, 0.1) is 0 Å². The normalized spacial score (nSPS) is 16.7. The highest BCUT2D eigenvalue weighted by molar-refractivity contribution is 4.71. The Labute approximate surface area is 151 Å². The molecule has 0 bridgehead atoms. The topological polar surface area (TPSA) is 64.6 Å². The highest BCUT2D eigenvalue weighted by atomic mass is 16.6. The molecule has 0 aromatic carbocycles. The van der Waals surface area contributed by atoms with Crippen molar-refractivity contribution < 1.29 is 33.2 Å². The number of ether oxygens (including phenoxy) is 7. The number of hydrogen-bond donors (Lipinski definition) is 0. The van der Waals surface area contributed by atoms with Crippen molar-refractivity contribution in [2.24, 2.45) is 0 Å². The zero-order chi connectivity index (χ0) is 18.9. The SMILES string of the molecule is COCC(C)OCC(C)O/C=C/O/C=C/OC(C)COC(C)COC. The van der Waals surface area contributed by atoms with Crippen molar-refractivity contribution in [3.05, 3.63) is 25.0 Å². The molecule has 0 fully saturated rings. The maximum absolute atomic E-state index is 5.54. The fourth-order valence-corrected chi connectivity index (χ4v) is 1.69. The van der Waals surface area contributed by atoms with E-state index in [9.17, 15) is 0 Å². The summed E-state index contributed by atoms with van der Waals surface area (Å²) in [5, 5.41) is 0. The maximum Gasteiger partial charge on any atom is 0.125 e. The zero-order valence-electron chi connectivity index (χ0n) is 16.3. The second kappa shape index (κ2) is 16.2. The van der Waals surface area contributed by atoms with E-state index < -0.39 is 0 Å². The summed E-state index contributed by atoms with van der Waals surface area (Å²) in [6.07, 6.45) is 5.72. The molecule has 4 atom stereocenters. The van der Waals surface area contributed by atoms with E-state index in [1.807, 2.05) is 27.7 Å². The molecule has 0 aliphatic rings. The zero-order valence-corrected chi connectivity index (χ0v) is 16.3. The summed E-state index contributed by atoms with van der Waals surface area (Å²) < 4.78 is 37.0. The minimum Gasteiger partial charge on any atom is -0.493 e. The van der Waals surface area contributed by atoms with E-state index in [1.165, 1.54) is 25.0 Å². The van der Waals surface area contributed by atoms with Crippen LogP contribution in [0.2, 0.25) is 0 Å². The lowest BCUT2D eigenvalue weighted by molar-refractivity contribution is -0.0317. The van der Waals surface area contributed by atoms with Gasteiger partial charge >= 0.3 is 0 Å². The first-order chi connectivity index (χ1) is 12.0.